The summed E-state index contributed by atoms with van der Waals surface area (Å²) < 4.78 is 0. The number of carbonyl (C=O) groups excluding carboxylic acids is 1. The number of unbranched alkanes of at least 4 members (excludes halogenated alkanes) is 1. The van der Waals surface area contributed by atoms with Gasteiger partial charge in [0.05, 0.1) is 7.11 Å². The first-order chi connectivity index (χ1) is 12.7. The molecule has 1 heterocycles. The first-order valence-corrected chi connectivity index (χ1v) is 9.81. The van der Waals surface area contributed by atoms with Gasteiger partial charge < -0.3 is 9.78 Å². The molecule has 0 atom stereocenters. The molecule has 2 rings (SSSR count). The Hall–Kier alpha value is -1.91. The Bertz CT molecular complexity index is 645. The lowest BCUT2D eigenvalue weighted by atomic mass is 9.99. The van der Waals surface area contributed by atoms with Crippen LogP contribution in [0.5, 0.6) is 0 Å². The van der Waals surface area contributed by atoms with Crippen molar-refractivity contribution in [1.82, 2.24) is 4.98 Å². The van der Waals surface area contributed by atoms with Crippen molar-refractivity contribution >= 4 is 28.4 Å². The van der Waals surface area contributed by atoms with E-state index in [0.717, 1.165) is 31.2 Å². The minimum absolute atomic E-state index is 0.708. The Kier molecular flexibility index (Phi) is 14.2. The quantitative estimate of drug-likeness (QED) is 0.369. The SMILES string of the molecule is CC.CC/C=C(\CCC)c1c[nH]c2ccc([NH2+]OC)cc12.CCCC=O. The first kappa shape index (κ1) is 24.1. The fourth-order valence-corrected chi connectivity index (χ4v) is 2.59. The largest absolute Gasteiger partial charge is 0.361 e. The summed E-state index contributed by atoms with van der Waals surface area (Å²) in [4.78, 5) is 17.9. The number of quaternary nitrogens is 1. The molecule has 0 aliphatic rings. The van der Waals surface area contributed by atoms with Gasteiger partial charge in [0.1, 0.15) is 6.29 Å². The molecule has 4 nitrogen and oxygen atoms in total. The molecule has 0 unspecified atom stereocenters. The molecule has 0 spiro atoms. The zero-order chi connectivity index (χ0) is 19.8. The molecule has 0 amide bonds. The predicted molar refractivity (Wildman–Crippen MR) is 112 cm³/mol. The lowest BCUT2D eigenvalue weighted by molar-refractivity contribution is -0.830. The van der Waals surface area contributed by atoms with Gasteiger partial charge >= 0.3 is 0 Å². The summed E-state index contributed by atoms with van der Waals surface area (Å²) in [5, 5.41) is 1.28. The van der Waals surface area contributed by atoms with Crippen LogP contribution in [-0.4, -0.2) is 18.4 Å². The van der Waals surface area contributed by atoms with Gasteiger partial charge in [-0.05, 0) is 30.9 Å². The molecule has 2 aromatic rings. The van der Waals surface area contributed by atoms with Crippen molar-refractivity contribution in [3.05, 3.63) is 36.0 Å². The molecule has 0 bridgehead atoms. The van der Waals surface area contributed by atoms with E-state index in [4.69, 9.17) is 4.84 Å². The average Bonchev–Trinajstić information content (AvgIpc) is 3.08. The fourth-order valence-electron chi connectivity index (χ4n) is 2.59. The molecular formula is C22H37N2O2+. The van der Waals surface area contributed by atoms with Crippen molar-refractivity contribution < 1.29 is 15.1 Å². The third-order valence-corrected chi connectivity index (χ3v) is 3.68. The number of benzene rings is 1. The molecule has 0 aliphatic carbocycles. The molecule has 0 radical (unpaired) electrons. The van der Waals surface area contributed by atoms with Crippen LogP contribution in [0.3, 0.4) is 0 Å². The van der Waals surface area contributed by atoms with Gasteiger partial charge in [-0.1, -0.05) is 47.1 Å². The van der Waals surface area contributed by atoms with Crippen LogP contribution in [-0.2, 0) is 9.63 Å². The normalized spacial score (nSPS) is 10.6. The second-order valence-electron chi connectivity index (χ2n) is 5.70. The Balaban J connectivity index is 0.000000772. The monoisotopic (exact) mass is 361 g/mol. The summed E-state index contributed by atoms with van der Waals surface area (Å²) in [6.45, 7) is 10.4. The molecule has 0 aliphatic heterocycles. The molecule has 146 valence electrons. The third-order valence-electron chi connectivity index (χ3n) is 3.68. The summed E-state index contributed by atoms with van der Waals surface area (Å²) in [7, 11) is 1.68. The third kappa shape index (κ3) is 7.98. The van der Waals surface area contributed by atoms with Gasteiger partial charge in [-0.15, -0.1) is 0 Å². The maximum absolute atomic E-state index is 9.40. The van der Waals surface area contributed by atoms with Crippen LogP contribution in [0.15, 0.2) is 30.5 Å². The number of fused-ring (bicyclic) bond motifs is 1. The van der Waals surface area contributed by atoms with Crippen LogP contribution in [0.25, 0.3) is 16.5 Å². The molecule has 0 fully saturated rings. The summed E-state index contributed by atoms with van der Waals surface area (Å²) in [6.07, 6.45) is 10.4. The van der Waals surface area contributed by atoms with Crippen LogP contribution in [0.4, 0.5) is 5.69 Å². The van der Waals surface area contributed by atoms with Crippen LogP contribution in [0.1, 0.15) is 72.3 Å². The fraction of sp³-hybridized carbons (Fsp3) is 0.500. The maximum atomic E-state index is 9.40. The number of aromatic nitrogens is 1. The second kappa shape index (κ2) is 15.4. The summed E-state index contributed by atoms with van der Waals surface area (Å²) >= 11 is 0. The average molecular weight is 362 g/mol. The standard InChI is InChI=1S/C16H22N2O.C4H8O.C2H6/c1-4-6-12(7-5-2)15-11-17-16-9-8-13(18-19-3)10-14(15)16;1-2-3-4-5;1-2/h6,8-11,17-18H,4-5,7H2,1-3H3;4H,2-3H2,1H3;1-2H3/p+1/b12-6+;;. The molecule has 26 heavy (non-hydrogen) atoms. The number of aldehydes is 1. The Labute approximate surface area is 159 Å². The number of nitrogens with two attached hydrogens (primary N) is 1. The highest BCUT2D eigenvalue weighted by molar-refractivity contribution is 5.93. The topological polar surface area (TPSA) is 58.7 Å². The van der Waals surface area contributed by atoms with Gasteiger partial charge in [-0.25, -0.2) is 4.84 Å². The molecule has 0 saturated carbocycles. The Morgan fingerprint density at radius 3 is 2.42 bits per heavy atom. The van der Waals surface area contributed by atoms with E-state index < -0.39 is 0 Å². The number of allylic oxidation sites excluding steroid dienone is 2. The number of rotatable bonds is 8. The number of hydrogen-bond donors (Lipinski definition) is 2. The molecular weight excluding hydrogens is 324 g/mol. The van der Waals surface area contributed by atoms with Crippen LogP contribution < -0.4 is 5.48 Å². The van der Waals surface area contributed by atoms with E-state index in [-0.39, 0.29) is 0 Å². The minimum Gasteiger partial charge on any atom is -0.361 e. The summed E-state index contributed by atoms with van der Waals surface area (Å²) in [5.74, 6) is 0. The zero-order valence-electron chi connectivity index (χ0n) is 17.4. The number of aromatic amines is 1. The maximum Gasteiger partial charge on any atom is 0.162 e. The molecule has 1 aromatic heterocycles. The van der Waals surface area contributed by atoms with E-state index in [1.54, 1.807) is 12.6 Å². The van der Waals surface area contributed by atoms with Gasteiger partial charge in [0.2, 0.25) is 0 Å². The Morgan fingerprint density at radius 2 is 1.92 bits per heavy atom. The van der Waals surface area contributed by atoms with Crippen LogP contribution in [0, 0.1) is 0 Å². The number of nitrogens with one attached hydrogen (secondary N) is 1. The highest BCUT2D eigenvalue weighted by Crippen LogP contribution is 2.29. The number of carbonyl (C=O) groups is 1. The van der Waals surface area contributed by atoms with Crippen molar-refractivity contribution in [2.45, 2.75) is 66.7 Å². The van der Waals surface area contributed by atoms with Crippen molar-refractivity contribution in [2.75, 3.05) is 7.11 Å². The van der Waals surface area contributed by atoms with E-state index in [9.17, 15) is 4.79 Å². The highest BCUT2D eigenvalue weighted by atomic mass is 16.6. The zero-order valence-corrected chi connectivity index (χ0v) is 17.4. The van der Waals surface area contributed by atoms with E-state index >= 15 is 0 Å². The van der Waals surface area contributed by atoms with Crippen LogP contribution >= 0.6 is 0 Å². The summed E-state index contributed by atoms with van der Waals surface area (Å²) in [5.41, 5.74) is 6.82. The molecule has 0 saturated heterocycles. The van der Waals surface area contributed by atoms with Crippen molar-refractivity contribution in [2.24, 2.45) is 0 Å². The molecule has 4 heteroatoms. The van der Waals surface area contributed by atoms with Gasteiger partial charge in [0.25, 0.3) is 0 Å². The second-order valence-corrected chi connectivity index (χ2v) is 5.70. The van der Waals surface area contributed by atoms with E-state index in [1.165, 1.54) is 28.5 Å². The lowest BCUT2D eigenvalue weighted by Gasteiger charge is -2.05. The van der Waals surface area contributed by atoms with Gasteiger partial charge in [-0.3, -0.25) is 0 Å². The number of H-pyrrole nitrogens is 1. The van der Waals surface area contributed by atoms with Crippen molar-refractivity contribution in [3.8, 4) is 0 Å². The minimum atomic E-state index is 0.708. The highest BCUT2D eigenvalue weighted by Gasteiger charge is 2.09. The summed E-state index contributed by atoms with van der Waals surface area (Å²) in [6, 6.07) is 6.36. The van der Waals surface area contributed by atoms with Gasteiger partial charge in [0.15, 0.2) is 5.69 Å². The smallest absolute Gasteiger partial charge is 0.162 e. The first-order valence-electron chi connectivity index (χ1n) is 9.81. The van der Waals surface area contributed by atoms with Crippen LogP contribution in [0.2, 0.25) is 0 Å². The van der Waals surface area contributed by atoms with Crippen molar-refractivity contribution in [1.29, 1.82) is 0 Å². The molecule has 3 N–H and O–H groups in total. The Morgan fingerprint density at radius 1 is 1.19 bits per heavy atom. The molecule has 1 aromatic carbocycles. The van der Waals surface area contributed by atoms with Gasteiger partial charge in [0, 0.05) is 41.2 Å². The lowest BCUT2D eigenvalue weighted by Crippen LogP contribution is -2.75. The van der Waals surface area contributed by atoms with Crippen molar-refractivity contribution in [3.63, 3.8) is 0 Å². The van der Waals surface area contributed by atoms with Gasteiger partial charge in [-0.2, -0.15) is 5.48 Å². The number of hydrogen-bond acceptors (Lipinski definition) is 2. The van der Waals surface area contributed by atoms with E-state index in [0.29, 0.717) is 6.42 Å². The van der Waals surface area contributed by atoms with E-state index in [1.807, 2.05) is 20.8 Å². The predicted octanol–water partition coefficient (Wildman–Crippen LogP) is 5.53. The van der Waals surface area contributed by atoms with E-state index in [2.05, 4.69) is 49.3 Å².